The molecule has 4 rings (SSSR count). The van der Waals surface area contributed by atoms with Crippen molar-refractivity contribution in [2.24, 2.45) is 5.92 Å². The molecule has 0 bridgehead atoms. The van der Waals surface area contributed by atoms with Crippen LogP contribution in [0.15, 0.2) is 41.4 Å². The SMILES string of the molecule is c1cnc2c(SC[C@@H]3CCCN4CCCCC34)cccc2c1. The Bertz CT molecular complexity index is 635. The van der Waals surface area contributed by atoms with Crippen LogP contribution in [0.2, 0.25) is 0 Å². The highest BCUT2D eigenvalue weighted by Crippen LogP contribution is 2.35. The number of thioether (sulfide) groups is 1. The minimum absolute atomic E-state index is 0.845. The molecular weight excluding hydrogens is 288 g/mol. The van der Waals surface area contributed by atoms with Crippen molar-refractivity contribution in [2.75, 3.05) is 18.8 Å². The lowest BCUT2D eigenvalue weighted by Crippen LogP contribution is -2.48. The van der Waals surface area contributed by atoms with Crippen LogP contribution in [-0.2, 0) is 0 Å². The van der Waals surface area contributed by atoms with Gasteiger partial charge in [0.1, 0.15) is 0 Å². The van der Waals surface area contributed by atoms with Gasteiger partial charge in [0.05, 0.1) is 5.52 Å². The molecule has 0 N–H and O–H groups in total. The number of piperidine rings is 2. The molecule has 3 heteroatoms. The maximum Gasteiger partial charge on any atom is 0.0837 e. The van der Waals surface area contributed by atoms with E-state index in [2.05, 4.69) is 34.1 Å². The fourth-order valence-corrected chi connectivity index (χ4v) is 5.43. The zero-order chi connectivity index (χ0) is 14.8. The van der Waals surface area contributed by atoms with Crippen molar-refractivity contribution in [1.82, 2.24) is 9.88 Å². The highest BCUT2D eigenvalue weighted by molar-refractivity contribution is 7.99. The number of para-hydroxylation sites is 1. The summed E-state index contributed by atoms with van der Waals surface area (Å²) in [5.74, 6) is 2.11. The molecule has 0 radical (unpaired) electrons. The zero-order valence-electron chi connectivity index (χ0n) is 13.1. The minimum Gasteiger partial charge on any atom is -0.300 e. The lowest BCUT2D eigenvalue weighted by atomic mass is 9.85. The second kappa shape index (κ2) is 6.59. The van der Waals surface area contributed by atoms with Crippen molar-refractivity contribution in [3.63, 3.8) is 0 Å². The fourth-order valence-electron chi connectivity index (χ4n) is 4.16. The van der Waals surface area contributed by atoms with Crippen molar-refractivity contribution in [3.8, 4) is 0 Å². The quantitative estimate of drug-likeness (QED) is 0.771. The van der Waals surface area contributed by atoms with Crippen LogP contribution >= 0.6 is 11.8 Å². The molecule has 0 amide bonds. The molecule has 2 aromatic rings. The van der Waals surface area contributed by atoms with Crippen molar-refractivity contribution >= 4 is 22.7 Å². The summed E-state index contributed by atoms with van der Waals surface area (Å²) in [5, 5.41) is 1.26. The number of fused-ring (bicyclic) bond motifs is 2. The van der Waals surface area contributed by atoms with Crippen LogP contribution in [0, 0.1) is 5.92 Å². The van der Waals surface area contributed by atoms with Crippen LogP contribution in [0.25, 0.3) is 10.9 Å². The topological polar surface area (TPSA) is 16.1 Å². The van der Waals surface area contributed by atoms with Gasteiger partial charge in [0.25, 0.3) is 0 Å². The van der Waals surface area contributed by atoms with Crippen molar-refractivity contribution in [2.45, 2.75) is 43.0 Å². The molecule has 3 heterocycles. The first-order valence-electron chi connectivity index (χ1n) is 8.62. The van der Waals surface area contributed by atoms with E-state index in [9.17, 15) is 0 Å². The van der Waals surface area contributed by atoms with Crippen LogP contribution in [0.1, 0.15) is 32.1 Å². The highest BCUT2D eigenvalue weighted by Gasteiger charge is 2.32. The number of aromatic nitrogens is 1. The Hall–Kier alpha value is -1.06. The van der Waals surface area contributed by atoms with Gasteiger partial charge in [0, 0.05) is 28.3 Å². The van der Waals surface area contributed by atoms with E-state index in [-0.39, 0.29) is 0 Å². The van der Waals surface area contributed by atoms with Gasteiger partial charge in [-0.1, -0.05) is 24.6 Å². The molecule has 2 nitrogen and oxygen atoms in total. The summed E-state index contributed by atoms with van der Waals surface area (Å²) >= 11 is 2.02. The van der Waals surface area contributed by atoms with Crippen LogP contribution in [0.4, 0.5) is 0 Å². The molecule has 2 atom stereocenters. The number of nitrogens with zero attached hydrogens (tertiary/aromatic N) is 2. The summed E-state index contributed by atoms with van der Waals surface area (Å²) in [6, 6.07) is 11.6. The van der Waals surface area contributed by atoms with Crippen LogP contribution < -0.4 is 0 Å². The smallest absolute Gasteiger partial charge is 0.0837 e. The molecule has 1 aromatic heterocycles. The molecule has 0 saturated carbocycles. The highest BCUT2D eigenvalue weighted by atomic mass is 32.2. The van der Waals surface area contributed by atoms with Crippen molar-refractivity contribution < 1.29 is 0 Å². The Kier molecular flexibility index (Phi) is 4.35. The van der Waals surface area contributed by atoms with Crippen LogP contribution in [0.5, 0.6) is 0 Å². The van der Waals surface area contributed by atoms with E-state index in [4.69, 9.17) is 0 Å². The summed E-state index contributed by atoms with van der Waals surface area (Å²) in [6.07, 6.45) is 8.96. The maximum atomic E-state index is 4.60. The van der Waals surface area contributed by atoms with Gasteiger partial charge in [-0.25, -0.2) is 0 Å². The molecule has 0 spiro atoms. The third-order valence-electron chi connectivity index (χ3n) is 5.28. The molecule has 1 unspecified atom stereocenters. The Balaban J connectivity index is 1.49. The maximum absolute atomic E-state index is 4.60. The third kappa shape index (κ3) is 2.89. The monoisotopic (exact) mass is 312 g/mol. The van der Waals surface area contributed by atoms with Gasteiger partial charge in [-0.2, -0.15) is 0 Å². The van der Waals surface area contributed by atoms with E-state index in [0.717, 1.165) is 12.0 Å². The van der Waals surface area contributed by atoms with Crippen LogP contribution in [-0.4, -0.2) is 34.8 Å². The molecule has 2 fully saturated rings. The molecule has 22 heavy (non-hydrogen) atoms. The van der Waals surface area contributed by atoms with E-state index < -0.39 is 0 Å². The lowest BCUT2D eigenvalue weighted by Gasteiger charge is -2.44. The van der Waals surface area contributed by atoms with E-state index in [1.165, 1.54) is 66.7 Å². The summed E-state index contributed by atoms with van der Waals surface area (Å²) in [5.41, 5.74) is 1.17. The average molecular weight is 312 g/mol. The standard InChI is InChI=1S/C19H24N2S/c1-2-12-21-13-5-8-16(17(21)9-1)14-22-18-10-3-6-15-7-4-11-20-19(15)18/h3-4,6-7,10-11,16-17H,1-2,5,8-9,12-14H2/t16-,17?/m0/s1. The first-order valence-corrected chi connectivity index (χ1v) is 9.61. The molecule has 2 aliphatic rings. The van der Waals surface area contributed by atoms with Gasteiger partial charge in [0.2, 0.25) is 0 Å². The summed E-state index contributed by atoms with van der Waals surface area (Å²) in [6.45, 7) is 2.67. The fraction of sp³-hybridized carbons (Fsp3) is 0.526. The first kappa shape index (κ1) is 14.5. The van der Waals surface area contributed by atoms with Crippen molar-refractivity contribution in [1.29, 1.82) is 0 Å². The molecule has 2 saturated heterocycles. The van der Waals surface area contributed by atoms with Gasteiger partial charge in [-0.3, -0.25) is 4.98 Å². The molecule has 2 aliphatic heterocycles. The van der Waals surface area contributed by atoms with Gasteiger partial charge < -0.3 is 4.90 Å². The number of rotatable bonds is 3. The summed E-state index contributed by atoms with van der Waals surface area (Å²) in [4.78, 5) is 8.71. The van der Waals surface area contributed by atoms with Gasteiger partial charge in [-0.05, 0) is 56.8 Å². The predicted molar refractivity (Wildman–Crippen MR) is 94.4 cm³/mol. The third-order valence-corrected chi connectivity index (χ3v) is 6.51. The molecular formula is C19H24N2S. The first-order chi connectivity index (χ1) is 10.9. The number of pyridine rings is 1. The Labute approximate surface area is 137 Å². The number of hydrogen-bond donors (Lipinski definition) is 0. The summed E-state index contributed by atoms with van der Waals surface area (Å²) < 4.78 is 0. The predicted octanol–water partition coefficient (Wildman–Crippen LogP) is 4.59. The van der Waals surface area contributed by atoms with E-state index in [0.29, 0.717) is 0 Å². The Morgan fingerprint density at radius 1 is 1.05 bits per heavy atom. The normalized spacial score (nSPS) is 26.0. The van der Waals surface area contributed by atoms with Crippen molar-refractivity contribution in [3.05, 3.63) is 36.5 Å². The largest absolute Gasteiger partial charge is 0.300 e. The summed E-state index contributed by atoms with van der Waals surface area (Å²) in [7, 11) is 0. The second-order valence-electron chi connectivity index (χ2n) is 6.64. The lowest BCUT2D eigenvalue weighted by molar-refractivity contribution is 0.0693. The van der Waals surface area contributed by atoms with E-state index in [1.54, 1.807) is 0 Å². The average Bonchev–Trinajstić information content (AvgIpc) is 2.60. The van der Waals surface area contributed by atoms with Gasteiger partial charge in [-0.15, -0.1) is 11.8 Å². The minimum atomic E-state index is 0.845. The van der Waals surface area contributed by atoms with Crippen LogP contribution in [0.3, 0.4) is 0 Å². The van der Waals surface area contributed by atoms with E-state index in [1.807, 2.05) is 24.0 Å². The van der Waals surface area contributed by atoms with E-state index >= 15 is 0 Å². The molecule has 116 valence electrons. The second-order valence-corrected chi connectivity index (χ2v) is 7.71. The molecule has 0 aliphatic carbocycles. The number of benzene rings is 1. The molecule has 1 aromatic carbocycles. The Morgan fingerprint density at radius 2 is 1.95 bits per heavy atom. The van der Waals surface area contributed by atoms with Gasteiger partial charge >= 0.3 is 0 Å². The Morgan fingerprint density at radius 3 is 2.95 bits per heavy atom. The van der Waals surface area contributed by atoms with Gasteiger partial charge in [0.15, 0.2) is 0 Å². The zero-order valence-corrected chi connectivity index (χ0v) is 13.9. The number of hydrogen-bond acceptors (Lipinski definition) is 3.